The van der Waals surface area contributed by atoms with Crippen molar-refractivity contribution in [1.29, 1.82) is 0 Å². The fourth-order valence-electron chi connectivity index (χ4n) is 3.45. The van der Waals surface area contributed by atoms with Crippen LogP contribution in [-0.4, -0.2) is 11.1 Å². The Morgan fingerprint density at radius 1 is 0.649 bits per heavy atom. The highest BCUT2D eigenvalue weighted by molar-refractivity contribution is 7.49. The fourth-order valence-corrected chi connectivity index (χ4v) is 4.90. The third-order valence-corrected chi connectivity index (χ3v) is 6.92. The number of phosphoric acid groups is 1. The van der Waals surface area contributed by atoms with Gasteiger partial charge in [-0.15, -0.1) is 0 Å². The summed E-state index contributed by atoms with van der Waals surface area (Å²) >= 11 is 0. The number of phosphoric ester groups is 1. The zero-order valence-corrected chi connectivity index (χ0v) is 23.2. The predicted octanol–water partition coefficient (Wildman–Crippen LogP) is 9.08. The minimum absolute atomic E-state index is 0.339. The van der Waals surface area contributed by atoms with Crippen LogP contribution < -0.4 is 13.6 Å². The van der Waals surface area contributed by atoms with Crippen molar-refractivity contribution in [2.75, 3.05) is 0 Å². The van der Waals surface area contributed by atoms with Crippen molar-refractivity contribution >= 4 is 13.8 Å². The smallest absolute Gasteiger partial charge is 0.481 e. The highest BCUT2D eigenvalue weighted by Gasteiger charge is 2.34. The van der Waals surface area contributed by atoms with Crippen LogP contribution in [0.3, 0.4) is 0 Å². The molecule has 200 valence electrons. The molecule has 6 nitrogen and oxygen atoms in total. The molecular weight excluding hydrogens is 487 g/mol. The number of aliphatic carboxylic acids is 1. The van der Waals surface area contributed by atoms with Gasteiger partial charge in [0.2, 0.25) is 0 Å². The number of benzene rings is 3. The van der Waals surface area contributed by atoms with Crippen LogP contribution in [0.25, 0.3) is 0 Å². The van der Waals surface area contributed by atoms with Crippen molar-refractivity contribution < 1.29 is 28.0 Å². The van der Waals surface area contributed by atoms with Gasteiger partial charge in [-0.25, -0.2) is 0 Å². The van der Waals surface area contributed by atoms with Crippen molar-refractivity contribution in [3.8, 4) is 17.2 Å². The lowest BCUT2D eigenvalue weighted by atomic mass is 10.1. The Labute approximate surface area is 221 Å². The van der Waals surface area contributed by atoms with Crippen LogP contribution in [0.5, 0.6) is 17.2 Å². The van der Waals surface area contributed by atoms with Crippen LogP contribution in [0, 0.1) is 20.8 Å². The zero-order chi connectivity index (χ0) is 27.1. The minimum atomic E-state index is -3.97. The molecule has 0 saturated heterocycles. The third kappa shape index (κ3) is 11.1. The first-order chi connectivity index (χ1) is 17.7. The molecule has 0 saturated carbocycles. The zero-order valence-electron chi connectivity index (χ0n) is 22.3. The molecule has 0 amide bonds. The molecule has 0 bridgehead atoms. The van der Waals surface area contributed by atoms with Gasteiger partial charge < -0.3 is 18.7 Å². The fraction of sp³-hybridized carbons (Fsp3) is 0.367. The number of hydrogen-bond acceptors (Lipinski definition) is 5. The molecule has 7 heteroatoms. The van der Waals surface area contributed by atoms with Gasteiger partial charge in [0.05, 0.1) is 0 Å². The number of carboxylic acid groups (broad SMARTS) is 1. The minimum Gasteiger partial charge on any atom is -0.481 e. The van der Waals surface area contributed by atoms with E-state index in [1.807, 2.05) is 75.4 Å². The molecule has 0 aliphatic heterocycles. The van der Waals surface area contributed by atoms with E-state index in [0.29, 0.717) is 23.7 Å². The van der Waals surface area contributed by atoms with E-state index < -0.39 is 13.8 Å². The van der Waals surface area contributed by atoms with Gasteiger partial charge in [0.1, 0.15) is 17.2 Å². The molecular formula is C30H39O6P. The van der Waals surface area contributed by atoms with Crippen molar-refractivity contribution in [2.24, 2.45) is 0 Å². The molecule has 0 heterocycles. The first-order valence-electron chi connectivity index (χ1n) is 12.8. The summed E-state index contributed by atoms with van der Waals surface area (Å²) in [6.45, 7) is 7.81. The van der Waals surface area contributed by atoms with Crippen LogP contribution in [0.2, 0.25) is 0 Å². The quantitative estimate of drug-likeness (QED) is 0.177. The number of rotatable bonds is 13. The topological polar surface area (TPSA) is 82.1 Å². The number of carbonyl (C=O) groups is 1. The van der Waals surface area contributed by atoms with Crippen LogP contribution in [0.4, 0.5) is 0 Å². The lowest BCUT2D eigenvalue weighted by Gasteiger charge is -2.21. The van der Waals surface area contributed by atoms with E-state index in [-0.39, 0.29) is 0 Å². The van der Waals surface area contributed by atoms with E-state index in [2.05, 4.69) is 6.92 Å². The van der Waals surface area contributed by atoms with Gasteiger partial charge in [-0.3, -0.25) is 4.79 Å². The first-order valence-corrected chi connectivity index (χ1v) is 14.3. The van der Waals surface area contributed by atoms with E-state index in [9.17, 15) is 9.36 Å². The van der Waals surface area contributed by atoms with Crippen LogP contribution in [0.1, 0.15) is 68.6 Å². The van der Waals surface area contributed by atoms with E-state index in [0.717, 1.165) is 29.5 Å². The maximum absolute atomic E-state index is 13.5. The Kier molecular flexibility index (Phi) is 12.8. The molecule has 0 fully saturated rings. The summed E-state index contributed by atoms with van der Waals surface area (Å²) in [7, 11) is -3.97. The Balaban J connectivity index is 0.000000371. The first kappa shape index (κ1) is 30.0. The molecule has 0 aromatic heterocycles. The standard InChI is InChI=1S/C21H21O4P.C9H18O2/c1-16-10-4-7-13-19(16)23-26(22,24-20-14-8-5-11-17(20)2)25-21-15-9-6-12-18(21)3;1-2-3-4-5-6-7-8-9(10)11/h4-15H,1-3H3;2-8H2,1H3,(H,10,11). The molecule has 0 atom stereocenters. The van der Waals surface area contributed by atoms with Crippen LogP contribution in [-0.2, 0) is 9.36 Å². The molecule has 3 rings (SSSR count). The summed E-state index contributed by atoms with van der Waals surface area (Å²) in [6.07, 6.45) is 7.25. The molecule has 3 aromatic rings. The second-order valence-corrected chi connectivity index (χ2v) is 10.4. The van der Waals surface area contributed by atoms with Crippen LogP contribution >= 0.6 is 7.82 Å². The van der Waals surface area contributed by atoms with Gasteiger partial charge in [-0.2, -0.15) is 4.57 Å². The summed E-state index contributed by atoms with van der Waals surface area (Å²) in [5, 5.41) is 8.32. The number of aryl methyl sites for hydroxylation is 3. The van der Waals surface area contributed by atoms with E-state index in [1.54, 1.807) is 18.2 Å². The number of para-hydroxylation sites is 3. The molecule has 0 aliphatic rings. The molecule has 37 heavy (non-hydrogen) atoms. The van der Waals surface area contributed by atoms with E-state index >= 15 is 0 Å². The number of hydrogen-bond donors (Lipinski definition) is 1. The Morgan fingerprint density at radius 3 is 1.35 bits per heavy atom. The average molecular weight is 527 g/mol. The number of unbranched alkanes of at least 4 members (excludes halogenated alkanes) is 5. The monoisotopic (exact) mass is 526 g/mol. The average Bonchev–Trinajstić information content (AvgIpc) is 2.86. The third-order valence-electron chi connectivity index (χ3n) is 5.66. The molecule has 0 unspecified atom stereocenters. The Bertz CT molecular complexity index is 1040. The van der Waals surface area contributed by atoms with Crippen molar-refractivity contribution in [2.45, 2.75) is 72.6 Å². The van der Waals surface area contributed by atoms with Gasteiger partial charge in [-0.05, 0) is 62.1 Å². The highest BCUT2D eigenvalue weighted by atomic mass is 31.2. The lowest BCUT2D eigenvalue weighted by Crippen LogP contribution is -2.09. The van der Waals surface area contributed by atoms with Crippen molar-refractivity contribution in [3.05, 3.63) is 89.5 Å². The van der Waals surface area contributed by atoms with Gasteiger partial charge in [-0.1, -0.05) is 93.6 Å². The van der Waals surface area contributed by atoms with Gasteiger partial charge in [0.15, 0.2) is 0 Å². The normalized spacial score (nSPS) is 10.7. The second-order valence-electron chi connectivity index (χ2n) is 8.93. The lowest BCUT2D eigenvalue weighted by molar-refractivity contribution is -0.137. The van der Waals surface area contributed by atoms with E-state index in [1.165, 1.54) is 25.7 Å². The van der Waals surface area contributed by atoms with Crippen molar-refractivity contribution in [3.63, 3.8) is 0 Å². The highest BCUT2D eigenvalue weighted by Crippen LogP contribution is 2.51. The second kappa shape index (κ2) is 15.8. The molecule has 0 aliphatic carbocycles. The molecule has 1 N–H and O–H groups in total. The summed E-state index contributed by atoms with van der Waals surface area (Å²) in [5.41, 5.74) is 2.53. The van der Waals surface area contributed by atoms with Crippen LogP contribution in [0.15, 0.2) is 72.8 Å². The largest absolute Gasteiger partial charge is 0.647 e. The SMILES string of the molecule is CCCCCCCCC(=O)O.Cc1ccccc1OP(=O)(Oc1ccccc1C)Oc1ccccc1C. The summed E-state index contributed by atoms with van der Waals surface area (Å²) < 4.78 is 30.8. The maximum atomic E-state index is 13.5. The summed E-state index contributed by atoms with van der Waals surface area (Å²) in [6, 6.07) is 22.0. The van der Waals surface area contributed by atoms with Gasteiger partial charge >= 0.3 is 13.8 Å². The summed E-state index contributed by atoms with van der Waals surface area (Å²) in [4.78, 5) is 10.1. The molecule has 0 spiro atoms. The van der Waals surface area contributed by atoms with Gasteiger partial charge in [0, 0.05) is 6.42 Å². The Hall–Kier alpha value is -3.24. The van der Waals surface area contributed by atoms with Gasteiger partial charge in [0.25, 0.3) is 0 Å². The predicted molar refractivity (Wildman–Crippen MR) is 149 cm³/mol. The van der Waals surface area contributed by atoms with Crippen molar-refractivity contribution in [1.82, 2.24) is 0 Å². The van der Waals surface area contributed by atoms with E-state index in [4.69, 9.17) is 18.7 Å². The number of carboxylic acids is 1. The Morgan fingerprint density at radius 2 is 1.00 bits per heavy atom. The molecule has 0 radical (unpaired) electrons. The summed E-state index contributed by atoms with van der Waals surface area (Å²) in [5.74, 6) is 0.703. The maximum Gasteiger partial charge on any atom is 0.647 e. The molecule has 3 aromatic carbocycles.